The Labute approximate surface area is 141 Å². The van der Waals surface area contributed by atoms with Crippen molar-refractivity contribution >= 4 is 0 Å². The number of hydrogen-bond donors (Lipinski definition) is 2. The average Bonchev–Trinajstić information content (AvgIpc) is 2.61. The number of benzene rings is 3. The average molecular weight is 320 g/mol. The van der Waals surface area contributed by atoms with Gasteiger partial charge in [-0.05, 0) is 47.4 Å². The highest BCUT2D eigenvalue weighted by molar-refractivity contribution is 5.75. The maximum Gasteiger partial charge on any atom is 0.130 e. The molecule has 0 radical (unpaired) electrons. The molecule has 0 unspecified atom stereocenters. The van der Waals surface area contributed by atoms with Crippen LogP contribution in [0.2, 0.25) is 0 Å². The summed E-state index contributed by atoms with van der Waals surface area (Å²) >= 11 is 0. The van der Waals surface area contributed by atoms with E-state index in [4.69, 9.17) is 4.74 Å². The van der Waals surface area contributed by atoms with E-state index in [1.165, 1.54) is 0 Å². The van der Waals surface area contributed by atoms with Crippen LogP contribution in [0.1, 0.15) is 13.3 Å². The normalized spacial score (nSPS) is 10.5. The molecule has 0 aliphatic heterocycles. The lowest BCUT2D eigenvalue weighted by molar-refractivity contribution is 0.317. The predicted molar refractivity (Wildman–Crippen MR) is 96.4 cm³/mol. The summed E-state index contributed by atoms with van der Waals surface area (Å²) in [6.07, 6.45) is 0.912. The van der Waals surface area contributed by atoms with Crippen LogP contribution >= 0.6 is 0 Å². The van der Waals surface area contributed by atoms with E-state index in [-0.39, 0.29) is 11.5 Å². The number of phenolic OH excluding ortho intramolecular Hbond substituents is 2. The molecule has 0 heterocycles. The Morgan fingerprint density at radius 2 is 1.25 bits per heavy atom. The Bertz CT molecular complexity index is 805. The quantitative estimate of drug-likeness (QED) is 0.677. The lowest BCUT2D eigenvalue weighted by Gasteiger charge is -2.12. The van der Waals surface area contributed by atoms with Crippen LogP contribution in [0.15, 0.2) is 66.7 Å². The molecule has 122 valence electrons. The molecule has 0 saturated heterocycles. The SMILES string of the molecule is CCCOc1cc(O)ccc1-c1ccc(-c2ccc(O)cc2)cc1. The van der Waals surface area contributed by atoms with Gasteiger partial charge in [0.1, 0.15) is 17.2 Å². The van der Waals surface area contributed by atoms with Gasteiger partial charge in [0, 0.05) is 11.6 Å². The molecule has 0 aromatic heterocycles. The minimum atomic E-state index is 0.200. The number of rotatable bonds is 5. The van der Waals surface area contributed by atoms with Crippen molar-refractivity contribution in [3.8, 4) is 39.5 Å². The van der Waals surface area contributed by atoms with Gasteiger partial charge < -0.3 is 14.9 Å². The molecule has 0 fully saturated rings. The molecule has 0 saturated carbocycles. The summed E-state index contributed by atoms with van der Waals surface area (Å²) in [5.74, 6) is 1.15. The minimum absolute atomic E-state index is 0.200. The highest BCUT2D eigenvalue weighted by Crippen LogP contribution is 2.34. The van der Waals surface area contributed by atoms with Crippen molar-refractivity contribution in [3.05, 3.63) is 66.7 Å². The molecular weight excluding hydrogens is 300 g/mol. The molecular formula is C21H20O3. The molecule has 0 aliphatic carbocycles. The van der Waals surface area contributed by atoms with Crippen molar-refractivity contribution < 1.29 is 14.9 Å². The van der Waals surface area contributed by atoms with Gasteiger partial charge in [0.15, 0.2) is 0 Å². The zero-order valence-electron chi connectivity index (χ0n) is 13.6. The first-order chi connectivity index (χ1) is 11.7. The first-order valence-corrected chi connectivity index (χ1v) is 8.03. The molecule has 24 heavy (non-hydrogen) atoms. The highest BCUT2D eigenvalue weighted by Gasteiger charge is 2.08. The fourth-order valence-corrected chi connectivity index (χ4v) is 2.58. The molecule has 0 atom stereocenters. The van der Waals surface area contributed by atoms with E-state index in [9.17, 15) is 10.2 Å². The van der Waals surface area contributed by atoms with Gasteiger partial charge in [0.2, 0.25) is 0 Å². The van der Waals surface area contributed by atoms with Crippen LogP contribution in [0.5, 0.6) is 17.2 Å². The molecule has 3 rings (SSSR count). The maximum atomic E-state index is 9.70. The first-order valence-electron chi connectivity index (χ1n) is 8.03. The Balaban J connectivity index is 1.92. The van der Waals surface area contributed by atoms with Gasteiger partial charge in [-0.15, -0.1) is 0 Å². The van der Waals surface area contributed by atoms with E-state index in [0.717, 1.165) is 28.7 Å². The second-order valence-electron chi connectivity index (χ2n) is 5.65. The van der Waals surface area contributed by atoms with E-state index >= 15 is 0 Å². The second-order valence-corrected chi connectivity index (χ2v) is 5.65. The van der Waals surface area contributed by atoms with Crippen LogP contribution in [-0.4, -0.2) is 16.8 Å². The molecule has 2 N–H and O–H groups in total. The highest BCUT2D eigenvalue weighted by atomic mass is 16.5. The zero-order valence-corrected chi connectivity index (χ0v) is 13.6. The number of phenols is 2. The summed E-state index contributed by atoms with van der Waals surface area (Å²) < 4.78 is 5.76. The third kappa shape index (κ3) is 3.51. The van der Waals surface area contributed by atoms with Crippen LogP contribution in [0.3, 0.4) is 0 Å². The third-order valence-electron chi connectivity index (χ3n) is 3.82. The summed E-state index contributed by atoms with van der Waals surface area (Å²) in [6, 6.07) is 20.5. The smallest absolute Gasteiger partial charge is 0.130 e. The second kappa shape index (κ2) is 7.09. The van der Waals surface area contributed by atoms with E-state index < -0.39 is 0 Å². The van der Waals surface area contributed by atoms with Crippen LogP contribution in [-0.2, 0) is 0 Å². The molecule has 0 aliphatic rings. The predicted octanol–water partition coefficient (Wildman–Crippen LogP) is 5.22. The van der Waals surface area contributed by atoms with Crippen molar-refractivity contribution in [2.45, 2.75) is 13.3 Å². The fraction of sp³-hybridized carbons (Fsp3) is 0.143. The lowest BCUT2D eigenvalue weighted by atomic mass is 9.99. The van der Waals surface area contributed by atoms with Crippen molar-refractivity contribution in [1.82, 2.24) is 0 Å². The summed E-state index contributed by atoms with van der Waals surface area (Å²) in [5, 5.41) is 19.1. The molecule has 3 aromatic carbocycles. The fourth-order valence-electron chi connectivity index (χ4n) is 2.58. The Hall–Kier alpha value is -2.94. The zero-order chi connectivity index (χ0) is 16.9. The van der Waals surface area contributed by atoms with E-state index in [2.05, 4.69) is 6.92 Å². The largest absolute Gasteiger partial charge is 0.508 e. The standard InChI is InChI=1S/C21H20O3/c1-2-13-24-21-14-19(23)11-12-20(21)17-5-3-15(4-6-17)16-7-9-18(22)10-8-16/h3-12,14,22-23H,2,13H2,1H3. The van der Waals surface area contributed by atoms with Crippen molar-refractivity contribution in [3.63, 3.8) is 0 Å². The van der Waals surface area contributed by atoms with E-state index in [0.29, 0.717) is 12.4 Å². The third-order valence-corrected chi connectivity index (χ3v) is 3.82. The van der Waals surface area contributed by atoms with Gasteiger partial charge in [-0.2, -0.15) is 0 Å². The van der Waals surface area contributed by atoms with Gasteiger partial charge in [-0.1, -0.05) is 43.3 Å². The number of hydrogen-bond acceptors (Lipinski definition) is 3. The van der Waals surface area contributed by atoms with Crippen LogP contribution in [0.4, 0.5) is 0 Å². The van der Waals surface area contributed by atoms with Gasteiger partial charge >= 0.3 is 0 Å². The van der Waals surface area contributed by atoms with Crippen LogP contribution in [0.25, 0.3) is 22.3 Å². The summed E-state index contributed by atoms with van der Waals surface area (Å²) in [4.78, 5) is 0. The summed E-state index contributed by atoms with van der Waals surface area (Å²) in [6.45, 7) is 2.66. The summed E-state index contributed by atoms with van der Waals surface area (Å²) in [7, 11) is 0. The molecule has 3 heteroatoms. The monoisotopic (exact) mass is 320 g/mol. The Morgan fingerprint density at radius 3 is 1.88 bits per heavy atom. The summed E-state index contributed by atoms with van der Waals surface area (Å²) in [5.41, 5.74) is 4.11. The molecule has 0 amide bonds. The van der Waals surface area contributed by atoms with Gasteiger partial charge in [0.25, 0.3) is 0 Å². The van der Waals surface area contributed by atoms with Crippen molar-refractivity contribution in [2.24, 2.45) is 0 Å². The minimum Gasteiger partial charge on any atom is -0.508 e. The Kier molecular flexibility index (Phi) is 4.71. The molecule has 3 aromatic rings. The topological polar surface area (TPSA) is 49.7 Å². The van der Waals surface area contributed by atoms with E-state index in [1.807, 2.05) is 42.5 Å². The van der Waals surface area contributed by atoms with Gasteiger partial charge in [-0.3, -0.25) is 0 Å². The Morgan fingerprint density at radius 1 is 0.708 bits per heavy atom. The van der Waals surface area contributed by atoms with Gasteiger partial charge in [-0.25, -0.2) is 0 Å². The molecule has 3 nitrogen and oxygen atoms in total. The van der Waals surface area contributed by atoms with Gasteiger partial charge in [0.05, 0.1) is 6.61 Å². The number of ether oxygens (including phenoxy) is 1. The van der Waals surface area contributed by atoms with Crippen molar-refractivity contribution in [2.75, 3.05) is 6.61 Å². The first kappa shape index (κ1) is 15.9. The van der Waals surface area contributed by atoms with Crippen LogP contribution in [0, 0.1) is 0 Å². The molecule has 0 spiro atoms. The van der Waals surface area contributed by atoms with Crippen molar-refractivity contribution in [1.29, 1.82) is 0 Å². The molecule has 0 bridgehead atoms. The lowest BCUT2D eigenvalue weighted by Crippen LogP contribution is -1.96. The van der Waals surface area contributed by atoms with E-state index in [1.54, 1.807) is 24.3 Å². The van der Waals surface area contributed by atoms with Crippen LogP contribution < -0.4 is 4.74 Å². The maximum absolute atomic E-state index is 9.70. The number of aromatic hydroxyl groups is 2.